The maximum absolute atomic E-state index is 12.8. The molecule has 8 heteroatoms. The van der Waals surface area contributed by atoms with E-state index in [0.29, 0.717) is 18.0 Å². The molecule has 2 N–H and O–H groups in total. The lowest BCUT2D eigenvalue weighted by Crippen LogP contribution is -2.19. The molecule has 0 aromatic heterocycles. The van der Waals surface area contributed by atoms with Gasteiger partial charge in [0.25, 0.3) is 0 Å². The summed E-state index contributed by atoms with van der Waals surface area (Å²) in [6.45, 7) is 2.44. The van der Waals surface area contributed by atoms with Crippen molar-refractivity contribution in [2.45, 2.75) is 13.1 Å². The Balaban J connectivity index is 2.06. The number of nitrogens with one attached hydrogen (secondary N) is 2. The third-order valence-electron chi connectivity index (χ3n) is 2.97. The van der Waals surface area contributed by atoms with Crippen LogP contribution >= 0.6 is 23.8 Å². The van der Waals surface area contributed by atoms with Crippen molar-refractivity contribution in [1.29, 1.82) is 0 Å². The summed E-state index contributed by atoms with van der Waals surface area (Å²) in [6.07, 6.45) is -4.45. The van der Waals surface area contributed by atoms with E-state index in [9.17, 15) is 13.2 Å². The minimum absolute atomic E-state index is 0.0786. The van der Waals surface area contributed by atoms with Gasteiger partial charge in [-0.1, -0.05) is 11.6 Å². The molecule has 0 aliphatic heterocycles. The molecule has 0 radical (unpaired) electrons. The minimum atomic E-state index is -4.45. The number of rotatable bonds is 4. The predicted octanol–water partition coefficient (Wildman–Crippen LogP) is 5.57. The fraction of sp³-hybridized carbons (Fsp3) is 0.188. The highest BCUT2D eigenvalue weighted by Crippen LogP contribution is 2.33. The van der Waals surface area contributed by atoms with Crippen LogP contribution in [0.2, 0.25) is 5.02 Å². The SMILES string of the molecule is CCOc1ccc(NC(=S)Nc2cc(C(F)(F)F)ccc2Cl)cc1. The molecule has 24 heavy (non-hydrogen) atoms. The molecule has 0 saturated carbocycles. The quantitative estimate of drug-likeness (QED) is 0.686. The van der Waals surface area contributed by atoms with Gasteiger partial charge >= 0.3 is 6.18 Å². The van der Waals surface area contributed by atoms with Gasteiger partial charge in [-0.25, -0.2) is 0 Å². The summed E-state index contributed by atoms with van der Waals surface area (Å²) < 4.78 is 43.6. The molecule has 0 spiro atoms. The van der Waals surface area contributed by atoms with Gasteiger partial charge in [-0.2, -0.15) is 13.2 Å². The van der Waals surface area contributed by atoms with Crippen LogP contribution < -0.4 is 15.4 Å². The Kier molecular flexibility index (Phi) is 5.90. The van der Waals surface area contributed by atoms with Gasteiger partial charge in [0, 0.05) is 5.69 Å². The van der Waals surface area contributed by atoms with Gasteiger partial charge in [0.05, 0.1) is 22.9 Å². The molecule has 0 fully saturated rings. The number of hydrogen-bond donors (Lipinski definition) is 2. The first-order valence-electron chi connectivity index (χ1n) is 6.97. The van der Waals surface area contributed by atoms with Gasteiger partial charge in [0.15, 0.2) is 5.11 Å². The largest absolute Gasteiger partial charge is 0.494 e. The maximum Gasteiger partial charge on any atom is 0.416 e. The second-order valence-corrected chi connectivity index (χ2v) is 5.54. The highest BCUT2D eigenvalue weighted by Gasteiger charge is 2.31. The lowest BCUT2D eigenvalue weighted by atomic mass is 10.2. The van der Waals surface area contributed by atoms with Crippen molar-refractivity contribution in [2.75, 3.05) is 17.2 Å². The zero-order chi connectivity index (χ0) is 17.7. The predicted molar refractivity (Wildman–Crippen MR) is 93.9 cm³/mol. The second-order valence-electron chi connectivity index (χ2n) is 4.73. The third-order valence-corrected chi connectivity index (χ3v) is 3.50. The van der Waals surface area contributed by atoms with Crippen LogP contribution in [-0.2, 0) is 6.18 Å². The van der Waals surface area contributed by atoms with E-state index < -0.39 is 11.7 Å². The average molecular weight is 375 g/mol. The van der Waals surface area contributed by atoms with Crippen LogP contribution in [0.25, 0.3) is 0 Å². The Morgan fingerprint density at radius 3 is 2.38 bits per heavy atom. The Labute approximate surface area is 147 Å². The van der Waals surface area contributed by atoms with E-state index in [1.165, 1.54) is 6.07 Å². The van der Waals surface area contributed by atoms with Crippen LogP contribution in [0.5, 0.6) is 5.75 Å². The van der Waals surface area contributed by atoms with Crippen molar-refractivity contribution in [2.24, 2.45) is 0 Å². The number of benzene rings is 2. The molecular weight excluding hydrogens is 361 g/mol. The molecule has 0 saturated heterocycles. The first-order valence-corrected chi connectivity index (χ1v) is 7.76. The number of ether oxygens (including phenoxy) is 1. The average Bonchev–Trinajstić information content (AvgIpc) is 2.50. The molecule has 0 heterocycles. The summed E-state index contributed by atoms with van der Waals surface area (Å²) in [5.74, 6) is 0.711. The molecule has 0 atom stereocenters. The minimum Gasteiger partial charge on any atom is -0.494 e. The van der Waals surface area contributed by atoms with Crippen molar-refractivity contribution >= 4 is 40.3 Å². The van der Waals surface area contributed by atoms with Crippen LogP contribution in [0, 0.1) is 0 Å². The topological polar surface area (TPSA) is 33.3 Å². The van der Waals surface area contributed by atoms with Gasteiger partial charge in [0.2, 0.25) is 0 Å². The normalized spacial score (nSPS) is 11.0. The van der Waals surface area contributed by atoms with E-state index in [-0.39, 0.29) is 15.8 Å². The summed E-state index contributed by atoms with van der Waals surface area (Å²) in [4.78, 5) is 0. The maximum atomic E-state index is 12.8. The smallest absolute Gasteiger partial charge is 0.416 e. The number of alkyl halides is 3. The number of hydrogen-bond acceptors (Lipinski definition) is 2. The highest BCUT2D eigenvalue weighted by atomic mass is 35.5. The number of thiocarbonyl (C=S) groups is 1. The summed E-state index contributed by atoms with van der Waals surface area (Å²) in [6, 6.07) is 9.99. The zero-order valence-electron chi connectivity index (χ0n) is 12.6. The van der Waals surface area contributed by atoms with E-state index in [1.807, 2.05) is 6.92 Å². The molecule has 0 bridgehead atoms. The molecule has 0 unspecified atom stereocenters. The second kappa shape index (κ2) is 7.72. The van der Waals surface area contributed by atoms with Crippen molar-refractivity contribution in [3.8, 4) is 5.75 Å². The summed E-state index contributed by atoms with van der Waals surface area (Å²) in [7, 11) is 0. The van der Waals surface area contributed by atoms with Crippen LogP contribution in [0.15, 0.2) is 42.5 Å². The molecular formula is C16H14ClF3N2OS. The Morgan fingerprint density at radius 2 is 1.79 bits per heavy atom. The zero-order valence-corrected chi connectivity index (χ0v) is 14.1. The monoisotopic (exact) mass is 374 g/mol. The van der Waals surface area contributed by atoms with E-state index in [1.54, 1.807) is 24.3 Å². The fourth-order valence-electron chi connectivity index (χ4n) is 1.88. The summed E-state index contributed by atoms with van der Waals surface area (Å²) in [5, 5.41) is 5.80. The van der Waals surface area contributed by atoms with Crippen LogP contribution in [-0.4, -0.2) is 11.7 Å². The van der Waals surface area contributed by atoms with E-state index >= 15 is 0 Å². The van der Waals surface area contributed by atoms with Crippen LogP contribution in [0.1, 0.15) is 12.5 Å². The lowest BCUT2D eigenvalue weighted by molar-refractivity contribution is -0.137. The highest BCUT2D eigenvalue weighted by molar-refractivity contribution is 7.80. The van der Waals surface area contributed by atoms with Gasteiger partial charge in [-0.15, -0.1) is 0 Å². The van der Waals surface area contributed by atoms with Crippen molar-refractivity contribution in [1.82, 2.24) is 0 Å². The molecule has 0 amide bonds. The Hall–Kier alpha value is -1.99. The van der Waals surface area contributed by atoms with E-state index in [4.69, 9.17) is 28.6 Å². The van der Waals surface area contributed by atoms with Crippen molar-refractivity contribution in [3.63, 3.8) is 0 Å². The van der Waals surface area contributed by atoms with Crippen LogP contribution in [0.3, 0.4) is 0 Å². The van der Waals surface area contributed by atoms with E-state index in [0.717, 1.165) is 12.1 Å². The molecule has 2 rings (SSSR count). The molecule has 3 nitrogen and oxygen atoms in total. The van der Waals surface area contributed by atoms with Gasteiger partial charge in [0.1, 0.15) is 5.75 Å². The molecule has 0 aliphatic rings. The third kappa shape index (κ3) is 5.01. The number of anilines is 2. The van der Waals surface area contributed by atoms with E-state index in [2.05, 4.69) is 10.6 Å². The first-order chi connectivity index (χ1) is 11.3. The molecule has 0 aliphatic carbocycles. The fourth-order valence-corrected chi connectivity index (χ4v) is 2.28. The Bertz CT molecular complexity index is 720. The van der Waals surface area contributed by atoms with Crippen LogP contribution in [0.4, 0.5) is 24.5 Å². The van der Waals surface area contributed by atoms with Gasteiger partial charge in [-0.3, -0.25) is 0 Å². The summed E-state index contributed by atoms with van der Waals surface area (Å²) in [5.41, 5.74) is -0.0627. The number of halogens is 4. The van der Waals surface area contributed by atoms with Gasteiger partial charge < -0.3 is 15.4 Å². The molecule has 2 aromatic rings. The lowest BCUT2D eigenvalue weighted by Gasteiger charge is -2.14. The summed E-state index contributed by atoms with van der Waals surface area (Å²) >= 11 is 11.0. The first kappa shape index (κ1) is 18.4. The molecule has 128 valence electrons. The molecule has 2 aromatic carbocycles. The van der Waals surface area contributed by atoms with Crippen molar-refractivity contribution in [3.05, 3.63) is 53.1 Å². The van der Waals surface area contributed by atoms with Gasteiger partial charge in [-0.05, 0) is 61.6 Å². The van der Waals surface area contributed by atoms with Crippen molar-refractivity contribution < 1.29 is 17.9 Å². The Morgan fingerprint density at radius 1 is 1.12 bits per heavy atom. The standard InChI is InChI=1S/C16H14ClF3N2OS/c1-2-23-12-6-4-11(5-7-12)21-15(24)22-14-9-10(16(18,19)20)3-8-13(14)17/h3-9H,2H2,1H3,(H2,21,22,24).